The smallest absolute Gasteiger partial charge is 0.223 e. The predicted octanol–water partition coefficient (Wildman–Crippen LogP) is 1.29. The van der Waals surface area contributed by atoms with E-state index in [4.69, 9.17) is 0 Å². The molecule has 1 rings (SSSR count). The molecule has 0 radical (unpaired) electrons. The molecule has 1 saturated heterocycles. The average molecular weight is 256 g/mol. The summed E-state index contributed by atoms with van der Waals surface area (Å²) in [5.41, 5.74) is -0.0532. The molecule has 4 nitrogen and oxygen atoms in total. The third-order valence-electron chi connectivity index (χ3n) is 3.58. The van der Waals surface area contributed by atoms with Gasteiger partial charge in [-0.15, -0.1) is 0 Å². The van der Waals surface area contributed by atoms with E-state index in [0.29, 0.717) is 19.0 Å². The topological polar surface area (TPSA) is 61.4 Å². The van der Waals surface area contributed by atoms with Gasteiger partial charge in [-0.1, -0.05) is 13.8 Å². The van der Waals surface area contributed by atoms with Gasteiger partial charge in [0.15, 0.2) is 0 Å². The molecule has 1 fully saturated rings. The van der Waals surface area contributed by atoms with E-state index in [0.717, 1.165) is 19.4 Å². The van der Waals surface area contributed by atoms with Crippen LogP contribution in [0.15, 0.2) is 0 Å². The van der Waals surface area contributed by atoms with E-state index in [2.05, 4.69) is 31.4 Å². The second kappa shape index (κ2) is 6.53. The molecule has 4 heteroatoms. The second-order valence-corrected chi connectivity index (χ2v) is 6.51. The maximum atomic E-state index is 12.1. The number of rotatable bonds is 5. The molecule has 1 heterocycles. The summed E-state index contributed by atoms with van der Waals surface area (Å²) in [6.07, 6.45) is 2.22. The van der Waals surface area contributed by atoms with Crippen molar-refractivity contribution in [2.75, 3.05) is 13.1 Å². The Morgan fingerprint density at radius 1 is 1.56 bits per heavy atom. The molecule has 0 aliphatic carbocycles. The Kier molecular flexibility index (Phi) is 5.60. The van der Waals surface area contributed by atoms with Crippen LogP contribution in [-0.4, -0.2) is 36.2 Å². The lowest BCUT2D eigenvalue weighted by Gasteiger charge is -2.30. The molecule has 0 spiro atoms. The van der Waals surface area contributed by atoms with Crippen LogP contribution < -0.4 is 10.6 Å². The van der Waals surface area contributed by atoms with Crippen molar-refractivity contribution in [2.24, 2.45) is 11.3 Å². The summed E-state index contributed by atoms with van der Waals surface area (Å²) in [6.45, 7) is 9.62. The summed E-state index contributed by atoms with van der Waals surface area (Å²) in [5.74, 6) is 0.311. The highest BCUT2D eigenvalue weighted by Crippen LogP contribution is 2.22. The molecule has 3 N–H and O–H groups in total. The molecule has 0 aromatic rings. The molecule has 3 atom stereocenters. The summed E-state index contributed by atoms with van der Waals surface area (Å²) in [4.78, 5) is 12.1. The molecular formula is C14H28N2O2. The molecule has 0 saturated carbocycles. The number of aliphatic hydroxyl groups is 1. The monoisotopic (exact) mass is 256 g/mol. The molecule has 1 unspecified atom stereocenters. The first-order valence-electron chi connectivity index (χ1n) is 6.99. The second-order valence-electron chi connectivity index (χ2n) is 6.51. The van der Waals surface area contributed by atoms with Crippen LogP contribution in [0.2, 0.25) is 0 Å². The Labute approximate surface area is 111 Å². The Hall–Kier alpha value is -0.610. The maximum Gasteiger partial charge on any atom is 0.223 e. The van der Waals surface area contributed by atoms with Gasteiger partial charge >= 0.3 is 0 Å². The highest BCUT2D eigenvalue weighted by atomic mass is 16.3. The molecule has 1 amide bonds. The van der Waals surface area contributed by atoms with E-state index in [1.807, 2.05) is 0 Å². The minimum absolute atomic E-state index is 0.0532. The first-order chi connectivity index (χ1) is 8.30. The van der Waals surface area contributed by atoms with Gasteiger partial charge in [0.1, 0.15) is 0 Å². The normalized spacial score (nSPS) is 26.7. The van der Waals surface area contributed by atoms with Crippen LogP contribution in [0.25, 0.3) is 0 Å². The van der Waals surface area contributed by atoms with Crippen LogP contribution in [0.1, 0.15) is 47.0 Å². The van der Waals surface area contributed by atoms with Crippen molar-refractivity contribution in [3.63, 3.8) is 0 Å². The van der Waals surface area contributed by atoms with E-state index < -0.39 is 0 Å². The van der Waals surface area contributed by atoms with Gasteiger partial charge in [0, 0.05) is 18.5 Å². The lowest BCUT2D eigenvalue weighted by Crippen LogP contribution is -2.44. The predicted molar refractivity (Wildman–Crippen MR) is 73.3 cm³/mol. The van der Waals surface area contributed by atoms with Crippen molar-refractivity contribution in [3.05, 3.63) is 0 Å². The molecule has 1 aliphatic heterocycles. The van der Waals surface area contributed by atoms with Crippen molar-refractivity contribution in [3.8, 4) is 0 Å². The van der Waals surface area contributed by atoms with Gasteiger partial charge in [-0.3, -0.25) is 4.79 Å². The minimum Gasteiger partial charge on any atom is -0.393 e. The van der Waals surface area contributed by atoms with Crippen molar-refractivity contribution in [2.45, 2.75) is 59.1 Å². The van der Waals surface area contributed by atoms with Gasteiger partial charge in [0.05, 0.1) is 6.10 Å². The van der Waals surface area contributed by atoms with Gasteiger partial charge < -0.3 is 15.7 Å². The molecule has 18 heavy (non-hydrogen) atoms. The molecule has 0 aromatic heterocycles. The Balaban J connectivity index is 2.36. The number of nitrogens with one attached hydrogen (secondary N) is 2. The van der Waals surface area contributed by atoms with E-state index in [-0.39, 0.29) is 23.3 Å². The molecule has 106 valence electrons. The van der Waals surface area contributed by atoms with Crippen molar-refractivity contribution >= 4 is 5.91 Å². The molecule has 0 bridgehead atoms. The lowest BCUT2D eigenvalue weighted by atomic mass is 9.86. The lowest BCUT2D eigenvalue weighted by molar-refractivity contribution is -0.126. The van der Waals surface area contributed by atoms with E-state index in [1.165, 1.54) is 0 Å². The van der Waals surface area contributed by atoms with Crippen molar-refractivity contribution in [1.82, 2.24) is 10.6 Å². The summed E-state index contributed by atoms with van der Waals surface area (Å²) in [7, 11) is 0. The minimum atomic E-state index is -0.323. The first kappa shape index (κ1) is 15.4. The quantitative estimate of drug-likeness (QED) is 0.694. The van der Waals surface area contributed by atoms with Crippen LogP contribution in [0, 0.1) is 11.3 Å². The largest absolute Gasteiger partial charge is 0.393 e. The number of carbonyl (C=O) groups excluding carboxylic acids is 1. The van der Waals surface area contributed by atoms with Crippen molar-refractivity contribution in [1.29, 1.82) is 0 Å². The SMILES string of the molecule is CC(O)CC(C)(C)CNC(=O)[C@H]1CCN[C@@H](C)C1. The summed E-state index contributed by atoms with van der Waals surface area (Å²) in [6, 6.07) is 0.431. The zero-order valence-electron chi connectivity index (χ0n) is 12.1. The number of aliphatic hydroxyl groups excluding tert-OH is 1. The number of piperidine rings is 1. The third kappa shape index (κ3) is 5.36. The van der Waals surface area contributed by atoms with Gasteiger partial charge in [-0.05, 0) is 45.1 Å². The highest BCUT2D eigenvalue weighted by Gasteiger charge is 2.27. The van der Waals surface area contributed by atoms with Gasteiger partial charge in [-0.25, -0.2) is 0 Å². The number of hydrogen-bond donors (Lipinski definition) is 3. The number of carbonyl (C=O) groups is 1. The summed E-state index contributed by atoms with van der Waals surface area (Å²) in [5, 5.41) is 15.8. The zero-order chi connectivity index (χ0) is 13.8. The fourth-order valence-electron chi connectivity index (χ4n) is 2.71. The van der Waals surface area contributed by atoms with Gasteiger partial charge in [0.2, 0.25) is 5.91 Å². The Bertz CT molecular complexity index is 277. The van der Waals surface area contributed by atoms with Gasteiger partial charge in [-0.2, -0.15) is 0 Å². The molecule has 1 aliphatic rings. The van der Waals surface area contributed by atoms with Crippen LogP contribution in [0.4, 0.5) is 0 Å². The highest BCUT2D eigenvalue weighted by molar-refractivity contribution is 5.78. The molecule has 0 aromatic carbocycles. The fraction of sp³-hybridized carbons (Fsp3) is 0.929. The van der Waals surface area contributed by atoms with Crippen LogP contribution >= 0.6 is 0 Å². The van der Waals surface area contributed by atoms with Crippen LogP contribution in [0.5, 0.6) is 0 Å². The number of hydrogen-bond acceptors (Lipinski definition) is 3. The third-order valence-corrected chi connectivity index (χ3v) is 3.58. The summed E-state index contributed by atoms with van der Waals surface area (Å²) < 4.78 is 0. The first-order valence-corrected chi connectivity index (χ1v) is 6.99. The van der Waals surface area contributed by atoms with Crippen molar-refractivity contribution < 1.29 is 9.90 Å². The van der Waals surface area contributed by atoms with E-state index in [1.54, 1.807) is 6.92 Å². The van der Waals surface area contributed by atoms with Gasteiger partial charge in [0.25, 0.3) is 0 Å². The zero-order valence-corrected chi connectivity index (χ0v) is 12.1. The van der Waals surface area contributed by atoms with Crippen LogP contribution in [-0.2, 0) is 4.79 Å². The average Bonchev–Trinajstić information content (AvgIpc) is 2.24. The summed E-state index contributed by atoms with van der Waals surface area (Å²) >= 11 is 0. The van der Waals surface area contributed by atoms with E-state index >= 15 is 0 Å². The van der Waals surface area contributed by atoms with Crippen LogP contribution in [0.3, 0.4) is 0 Å². The Morgan fingerprint density at radius 2 is 2.22 bits per heavy atom. The Morgan fingerprint density at radius 3 is 2.78 bits per heavy atom. The van der Waals surface area contributed by atoms with E-state index in [9.17, 15) is 9.90 Å². The molecular weight excluding hydrogens is 228 g/mol. The maximum absolute atomic E-state index is 12.1. The standard InChI is InChI=1S/C14H28N2O2/c1-10-7-12(5-6-15-10)13(18)16-9-14(3,4)8-11(2)17/h10-12,15,17H,5-9H2,1-4H3,(H,16,18)/t10-,11?,12-/m0/s1. The fourth-order valence-corrected chi connectivity index (χ4v) is 2.71. The number of amides is 1.